The predicted molar refractivity (Wildman–Crippen MR) is 105 cm³/mol. The lowest BCUT2D eigenvalue weighted by Crippen LogP contribution is -2.06. The van der Waals surface area contributed by atoms with Crippen LogP contribution in [-0.4, -0.2) is 27.6 Å². The molecule has 0 aliphatic carbocycles. The molecule has 4 rings (SSSR count). The van der Waals surface area contributed by atoms with Gasteiger partial charge in [0.05, 0.1) is 17.2 Å². The Hall–Kier alpha value is -2.65. The third-order valence-corrected chi connectivity index (χ3v) is 5.86. The van der Waals surface area contributed by atoms with E-state index in [1.807, 2.05) is 30.5 Å². The van der Waals surface area contributed by atoms with Gasteiger partial charge in [0.15, 0.2) is 5.17 Å². The summed E-state index contributed by atoms with van der Waals surface area (Å²) in [4.78, 5) is 25.3. The number of oxazole rings is 1. The fourth-order valence-corrected chi connectivity index (χ4v) is 4.09. The molecule has 0 saturated carbocycles. The van der Waals surface area contributed by atoms with E-state index < -0.39 is 5.25 Å². The van der Waals surface area contributed by atoms with Crippen molar-refractivity contribution in [1.82, 2.24) is 9.97 Å². The molecule has 1 amide bonds. The molecule has 27 heavy (non-hydrogen) atoms. The van der Waals surface area contributed by atoms with Crippen molar-refractivity contribution >= 4 is 34.2 Å². The second kappa shape index (κ2) is 7.53. The highest BCUT2D eigenvalue weighted by atomic mass is 32.2. The van der Waals surface area contributed by atoms with Crippen molar-refractivity contribution in [2.24, 2.45) is 10.7 Å². The smallest absolute Gasteiger partial charge is 0.266 e. The number of ether oxygens (including phenoxy) is 1. The van der Waals surface area contributed by atoms with E-state index >= 15 is 0 Å². The van der Waals surface area contributed by atoms with E-state index in [0.717, 1.165) is 21.9 Å². The quantitative estimate of drug-likeness (QED) is 0.676. The van der Waals surface area contributed by atoms with Crippen LogP contribution < -0.4 is 10.5 Å². The van der Waals surface area contributed by atoms with Crippen LogP contribution in [0.2, 0.25) is 0 Å². The lowest BCUT2D eigenvalue weighted by molar-refractivity contribution is -0.117. The number of pyridine rings is 1. The number of rotatable bonds is 6. The van der Waals surface area contributed by atoms with Gasteiger partial charge in [-0.05, 0) is 23.9 Å². The largest absolute Gasteiger partial charge is 0.477 e. The lowest BCUT2D eigenvalue weighted by Gasteiger charge is -2.08. The Labute approximate surface area is 163 Å². The summed E-state index contributed by atoms with van der Waals surface area (Å²) in [5.74, 6) is 1.67. The van der Waals surface area contributed by atoms with Crippen molar-refractivity contribution in [2.75, 3.05) is 6.61 Å². The molecule has 0 aromatic carbocycles. The van der Waals surface area contributed by atoms with E-state index in [9.17, 15) is 4.79 Å². The monoisotopic (exact) mass is 400 g/mol. The van der Waals surface area contributed by atoms with Crippen molar-refractivity contribution in [3.63, 3.8) is 0 Å². The Balaban J connectivity index is 1.34. The Bertz CT molecular complexity index is 981. The minimum Gasteiger partial charge on any atom is -0.477 e. The summed E-state index contributed by atoms with van der Waals surface area (Å²) in [6.45, 7) is 2.33. The van der Waals surface area contributed by atoms with Crippen LogP contribution in [0.15, 0.2) is 45.3 Å². The highest BCUT2D eigenvalue weighted by molar-refractivity contribution is 8.15. The number of thiophene rings is 1. The topological polar surface area (TPSA) is 104 Å². The van der Waals surface area contributed by atoms with E-state index in [2.05, 4.69) is 15.0 Å². The first-order valence-corrected chi connectivity index (χ1v) is 9.99. The molecule has 1 unspecified atom stereocenters. The zero-order valence-corrected chi connectivity index (χ0v) is 16.0. The van der Waals surface area contributed by atoms with E-state index in [0.29, 0.717) is 24.8 Å². The van der Waals surface area contributed by atoms with Crippen molar-refractivity contribution in [1.29, 1.82) is 0 Å². The number of amides is 1. The van der Waals surface area contributed by atoms with Crippen molar-refractivity contribution < 1.29 is 13.9 Å². The van der Waals surface area contributed by atoms with Crippen molar-refractivity contribution in [3.8, 4) is 16.6 Å². The minimum atomic E-state index is -0.417. The average molecular weight is 400 g/mol. The van der Waals surface area contributed by atoms with Gasteiger partial charge < -0.3 is 14.9 Å². The summed E-state index contributed by atoms with van der Waals surface area (Å²) in [6.07, 6.45) is 2.24. The maximum Gasteiger partial charge on any atom is 0.266 e. The van der Waals surface area contributed by atoms with Crippen LogP contribution in [0.5, 0.6) is 5.88 Å². The van der Waals surface area contributed by atoms with Gasteiger partial charge in [0, 0.05) is 18.7 Å². The molecule has 7 nitrogen and oxygen atoms in total. The molecule has 0 saturated heterocycles. The van der Waals surface area contributed by atoms with Gasteiger partial charge in [0.2, 0.25) is 11.8 Å². The molecule has 2 N–H and O–H groups in total. The summed E-state index contributed by atoms with van der Waals surface area (Å²) in [5, 5.41) is 1.86. The molecular weight excluding hydrogens is 384 g/mol. The van der Waals surface area contributed by atoms with Crippen LogP contribution in [0.4, 0.5) is 0 Å². The third-order valence-electron chi connectivity index (χ3n) is 3.96. The van der Waals surface area contributed by atoms with Gasteiger partial charge in [0.25, 0.3) is 5.91 Å². The number of hydrogen-bond acceptors (Lipinski definition) is 8. The number of carbonyl (C=O) groups is 1. The molecule has 1 aliphatic rings. The molecule has 3 aromatic heterocycles. The summed E-state index contributed by atoms with van der Waals surface area (Å²) in [6, 6.07) is 7.50. The molecule has 1 atom stereocenters. The van der Waals surface area contributed by atoms with Gasteiger partial charge >= 0.3 is 0 Å². The fraction of sp³-hybridized carbons (Fsp3) is 0.222. The zero-order valence-electron chi connectivity index (χ0n) is 14.4. The maximum absolute atomic E-state index is 11.8. The molecule has 0 bridgehead atoms. The Morgan fingerprint density at radius 3 is 2.89 bits per heavy atom. The van der Waals surface area contributed by atoms with Gasteiger partial charge in [-0.1, -0.05) is 23.9 Å². The first-order valence-electron chi connectivity index (χ1n) is 8.24. The van der Waals surface area contributed by atoms with Gasteiger partial charge in [0.1, 0.15) is 11.0 Å². The van der Waals surface area contributed by atoms with E-state index in [4.69, 9.17) is 14.9 Å². The number of nitrogens with two attached hydrogens (primary N) is 1. The van der Waals surface area contributed by atoms with Gasteiger partial charge in [-0.15, -0.1) is 11.3 Å². The Morgan fingerprint density at radius 1 is 1.33 bits per heavy atom. The van der Waals surface area contributed by atoms with Crippen LogP contribution >= 0.6 is 23.1 Å². The molecule has 3 aromatic rings. The van der Waals surface area contributed by atoms with Crippen molar-refractivity contribution in [2.45, 2.75) is 18.6 Å². The molecule has 138 valence electrons. The van der Waals surface area contributed by atoms with E-state index in [1.165, 1.54) is 11.8 Å². The van der Waals surface area contributed by atoms with E-state index in [-0.39, 0.29) is 11.1 Å². The minimum absolute atomic E-state index is 0.254. The number of amidine groups is 1. The normalized spacial score (nSPS) is 16.6. The number of hydrogen-bond donors (Lipinski definition) is 1. The zero-order chi connectivity index (χ0) is 18.8. The molecule has 4 heterocycles. The molecule has 1 aliphatic heterocycles. The Kier molecular flexibility index (Phi) is 4.95. The van der Waals surface area contributed by atoms with Crippen molar-refractivity contribution in [3.05, 3.63) is 52.9 Å². The van der Waals surface area contributed by atoms with Crippen LogP contribution in [-0.2, 0) is 11.2 Å². The Morgan fingerprint density at radius 2 is 2.22 bits per heavy atom. The summed E-state index contributed by atoms with van der Waals surface area (Å²) >= 11 is 2.82. The van der Waals surface area contributed by atoms with Crippen LogP contribution in [0.3, 0.4) is 0 Å². The predicted octanol–water partition coefficient (Wildman–Crippen LogP) is 3.36. The summed E-state index contributed by atoms with van der Waals surface area (Å²) in [7, 11) is 0. The number of aryl methyl sites for hydroxylation is 1. The first-order chi connectivity index (χ1) is 13.1. The summed E-state index contributed by atoms with van der Waals surface area (Å²) in [5.41, 5.74) is 7.21. The summed E-state index contributed by atoms with van der Waals surface area (Å²) < 4.78 is 11.4. The highest BCUT2D eigenvalue weighted by Gasteiger charge is 2.28. The second-order valence-corrected chi connectivity index (χ2v) is 7.89. The number of aliphatic imine (C=N–C) groups is 1. The molecule has 0 spiro atoms. The first kappa shape index (κ1) is 17.7. The van der Waals surface area contributed by atoms with Gasteiger partial charge in [-0.25, -0.2) is 9.97 Å². The number of carbonyl (C=O) groups excluding carboxylic acids is 1. The second-order valence-electron chi connectivity index (χ2n) is 5.81. The lowest BCUT2D eigenvalue weighted by atomic mass is 10.2. The average Bonchev–Trinajstić information content (AvgIpc) is 3.37. The molecule has 0 fully saturated rings. The third kappa shape index (κ3) is 3.88. The van der Waals surface area contributed by atoms with Crippen LogP contribution in [0, 0.1) is 6.92 Å². The SMILES string of the molecule is Cc1oc(-c2cccs2)nc1CCOc1ccc(C2SC(N)=NC2=O)cn1. The van der Waals surface area contributed by atoms with E-state index in [1.54, 1.807) is 23.6 Å². The highest BCUT2D eigenvalue weighted by Crippen LogP contribution is 2.34. The standard InChI is InChI=1S/C18H16N4O3S2/c1-10-12(21-17(25-10)13-3-2-8-26-13)6-7-24-14-5-4-11(9-20-14)15-16(23)22-18(19)27-15/h2-5,8-9,15H,6-7H2,1H3,(H2,19,22,23). The molecular formula is C18H16N4O3S2. The van der Waals surface area contributed by atoms with Crippen LogP contribution in [0.1, 0.15) is 22.3 Å². The number of aromatic nitrogens is 2. The number of thioether (sulfide) groups is 1. The fourth-order valence-electron chi connectivity index (χ4n) is 2.63. The number of nitrogens with zero attached hydrogens (tertiary/aromatic N) is 3. The van der Waals surface area contributed by atoms with Crippen LogP contribution in [0.25, 0.3) is 10.8 Å². The van der Waals surface area contributed by atoms with Gasteiger partial charge in [-0.3, -0.25) is 4.79 Å². The van der Waals surface area contributed by atoms with Gasteiger partial charge in [-0.2, -0.15) is 4.99 Å². The molecule has 0 radical (unpaired) electrons. The maximum atomic E-state index is 11.8. The molecule has 9 heteroatoms.